The van der Waals surface area contributed by atoms with E-state index >= 15 is 0 Å². The van der Waals surface area contributed by atoms with Gasteiger partial charge in [-0.15, -0.1) is 11.3 Å². The van der Waals surface area contributed by atoms with E-state index in [0.717, 1.165) is 10.1 Å². The highest BCUT2D eigenvalue weighted by atomic mass is 32.1. The zero-order valence-electron chi connectivity index (χ0n) is 12.0. The number of carbonyl (C=O) groups is 1. The highest BCUT2D eigenvalue weighted by Gasteiger charge is 2.21. The molecular formula is C17H14N2O3S. The van der Waals surface area contributed by atoms with E-state index in [-0.39, 0.29) is 5.84 Å². The molecule has 0 saturated carbocycles. The Labute approximate surface area is 136 Å². The Hall–Kier alpha value is -2.86. The number of hydrogen-bond donors (Lipinski definition) is 3. The van der Waals surface area contributed by atoms with Gasteiger partial charge in [0, 0.05) is 10.3 Å². The first kappa shape index (κ1) is 15.1. The Morgan fingerprint density at radius 2 is 1.91 bits per heavy atom. The molecule has 0 spiro atoms. The van der Waals surface area contributed by atoms with E-state index in [2.05, 4.69) is 0 Å². The summed E-state index contributed by atoms with van der Waals surface area (Å²) in [6.07, 6.45) is -1.07. The van der Waals surface area contributed by atoms with Gasteiger partial charge in [-0.1, -0.05) is 30.3 Å². The molecule has 4 N–H and O–H groups in total. The third-order valence-corrected chi connectivity index (χ3v) is 4.47. The van der Waals surface area contributed by atoms with Crippen molar-refractivity contribution in [1.82, 2.24) is 0 Å². The molecule has 1 aromatic heterocycles. The fourth-order valence-corrected chi connectivity index (χ4v) is 3.20. The Kier molecular flexibility index (Phi) is 3.99. The molecule has 2 aromatic carbocycles. The second kappa shape index (κ2) is 6.10. The van der Waals surface area contributed by atoms with Crippen LogP contribution in [0.5, 0.6) is 5.75 Å². The summed E-state index contributed by atoms with van der Waals surface area (Å²) in [5, 5.41) is 17.8. The fourth-order valence-electron chi connectivity index (χ4n) is 2.24. The molecule has 6 heteroatoms. The standard InChI is InChI=1S/C17H14N2O3S/c18-16(19)14-8-11-6-7-12(9-13(11)23-14)22-15(17(20)21)10-4-2-1-3-5-10/h1-9,15H,(H3,18,19)(H,20,21)/t15-/m1/s1. The lowest BCUT2D eigenvalue weighted by atomic mass is 10.1. The maximum absolute atomic E-state index is 11.5. The van der Waals surface area contributed by atoms with Crippen LogP contribution < -0.4 is 10.5 Å². The van der Waals surface area contributed by atoms with E-state index in [0.29, 0.717) is 16.2 Å². The Bertz CT molecular complexity index is 874. The molecule has 3 rings (SSSR count). The van der Waals surface area contributed by atoms with Gasteiger partial charge in [0.1, 0.15) is 11.6 Å². The van der Waals surface area contributed by atoms with Crippen molar-refractivity contribution >= 4 is 33.2 Å². The first-order valence-corrected chi connectivity index (χ1v) is 7.68. The zero-order chi connectivity index (χ0) is 16.4. The van der Waals surface area contributed by atoms with Crippen LogP contribution in [0.3, 0.4) is 0 Å². The van der Waals surface area contributed by atoms with Crippen molar-refractivity contribution < 1.29 is 14.6 Å². The summed E-state index contributed by atoms with van der Waals surface area (Å²) in [5.74, 6) is -0.570. The van der Waals surface area contributed by atoms with Crippen molar-refractivity contribution in [1.29, 1.82) is 5.41 Å². The lowest BCUT2D eigenvalue weighted by molar-refractivity contribution is -0.145. The summed E-state index contributed by atoms with van der Waals surface area (Å²) in [7, 11) is 0. The van der Waals surface area contributed by atoms with E-state index in [9.17, 15) is 9.90 Å². The molecule has 0 saturated heterocycles. The first-order valence-electron chi connectivity index (χ1n) is 6.87. The molecular weight excluding hydrogens is 312 g/mol. The van der Waals surface area contributed by atoms with Gasteiger partial charge in [0.2, 0.25) is 6.10 Å². The number of rotatable bonds is 5. The molecule has 5 nitrogen and oxygen atoms in total. The highest BCUT2D eigenvalue weighted by molar-refractivity contribution is 7.20. The third-order valence-electron chi connectivity index (χ3n) is 3.34. The summed E-state index contributed by atoms with van der Waals surface area (Å²) >= 11 is 1.37. The van der Waals surface area contributed by atoms with E-state index in [4.69, 9.17) is 15.9 Å². The van der Waals surface area contributed by atoms with Gasteiger partial charge in [-0.25, -0.2) is 4.79 Å². The van der Waals surface area contributed by atoms with Crippen LogP contribution in [-0.2, 0) is 4.79 Å². The molecule has 0 bridgehead atoms. The molecule has 0 aliphatic heterocycles. The number of thiophene rings is 1. The molecule has 0 radical (unpaired) electrons. The molecule has 0 fully saturated rings. The number of benzene rings is 2. The minimum absolute atomic E-state index is 0.0152. The van der Waals surface area contributed by atoms with Gasteiger partial charge in [-0.05, 0) is 29.7 Å². The van der Waals surface area contributed by atoms with Crippen molar-refractivity contribution in [2.24, 2.45) is 5.73 Å². The van der Waals surface area contributed by atoms with Crippen LogP contribution in [0, 0.1) is 5.41 Å². The van der Waals surface area contributed by atoms with Gasteiger partial charge in [-0.3, -0.25) is 5.41 Å². The smallest absolute Gasteiger partial charge is 0.349 e. The lowest BCUT2D eigenvalue weighted by Gasteiger charge is -2.15. The van der Waals surface area contributed by atoms with Crippen LogP contribution >= 0.6 is 11.3 Å². The maximum atomic E-state index is 11.5. The number of aliphatic carboxylic acids is 1. The van der Waals surface area contributed by atoms with Crippen LogP contribution in [0.25, 0.3) is 10.1 Å². The quantitative estimate of drug-likeness (QED) is 0.494. The highest BCUT2D eigenvalue weighted by Crippen LogP contribution is 2.31. The van der Waals surface area contributed by atoms with Crippen LogP contribution in [0.2, 0.25) is 0 Å². The van der Waals surface area contributed by atoms with Crippen molar-refractivity contribution in [3.63, 3.8) is 0 Å². The normalized spacial score (nSPS) is 12.0. The van der Waals surface area contributed by atoms with Gasteiger partial charge >= 0.3 is 5.97 Å². The fraction of sp³-hybridized carbons (Fsp3) is 0.0588. The average Bonchev–Trinajstić information content (AvgIpc) is 2.96. The van der Waals surface area contributed by atoms with Crippen molar-refractivity contribution in [2.75, 3.05) is 0 Å². The molecule has 1 atom stereocenters. The third kappa shape index (κ3) is 3.17. The van der Waals surface area contributed by atoms with E-state index < -0.39 is 12.1 Å². The number of amidine groups is 1. The largest absolute Gasteiger partial charge is 0.478 e. The van der Waals surface area contributed by atoms with Crippen LogP contribution in [-0.4, -0.2) is 16.9 Å². The SMILES string of the molecule is N=C(N)c1cc2ccc(O[C@@H](C(=O)O)c3ccccc3)cc2s1. The molecule has 116 valence electrons. The number of nitrogens with two attached hydrogens (primary N) is 1. The average molecular weight is 326 g/mol. The van der Waals surface area contributed by atoms with E-state index in [1.54, 1.807) is 36.4 Å². The van der Waals surface area contributed by atoms with Gasteiger partial charge < -0.3 is 15.6 Å². The van der Waals surface area contributed by atoms with Gasteiger partial charge in [0.15, 0.2) is 0 Å². The summed E-state index contributed by atoms with van der Waals surface area (Å²) in [5.41, 5.74) is 6.08. The first-order chi connectivity index (χ1) is 11.0. The number of nitrogens with one attached hydrogen (secondary N) is 1. The predicted molar refractivity (Wildman–Crippen MR) is 90.3 cm³/mol. The zero-order valence-corrected chi connectivity index (χ0v) is 12.8. The number of carboxylic acids is 1. The summed E-state index contributed by atoms with van der Waals surface area (Å²) in [4.78, 5) is 12.2. The Morgan fingerprint density at radius 1 is 1.17 bits per heavy atom. The number of fused-ring (bicyclic) bond motifs is 1. The Morgan fingerprint density at radius 3 is 2.57 bits per heavy atom. The van der Waals surface area contributed by atoms with Crippen LogP contribution in [0.15, 0.2) is 54.6 Å². The monoisotopic (exact) mass is 326 g/mol. The van der Waals surface area contributed by atoms with Crippen LogP contribution in [0.4, 0.5) is 0 Å². The maximum Gasteiger partial charge on any atom is 0.349 e. The van der Waals surface area contributed by atoms with Crippen molar-refractivity contribution in [2.45, 2.75) is 6.10 Å². The summed E-state index contributed by atoms with van der Waals surface area (Å²) in [6, 6.07) is 16.0. The minimum Gasteiger partial charge on any atom is -0.478 e. The number of carboxylic acid groups (broad SMARTS) is 1. The lowest BCUT2D eigenvalue weighted by Crippen LogP contribution is -2.18. The number of ether oxygens (including phenoxy) is 1. The van der Waals surface area contributed by atoms with Crippen molar-refractivity contribution in [3.8, 4) is 5.75 Å². The molecule has 0 unspecified atom stereocenters. The molecule has 23 heavy (non-hydrogen) atoms. The van der Waals surface area contributed by atoms with Crippen LogP contribution in [0.1, 0.15) is 16.5 Å². The molecule has 0 aliphatic carbocycles. The predicted octanol–water partition coefficient (Wildman–Crippen LogP) is 3.39. The van der Waals surface area contributed by atoms with E-state index in [1.807, 2.05) is 18.2 Å². The van der Waals surface area contributed by atoms with E-state index in [1.165, 1.54) is 11.3 Å². The number of nitrogen functional groups attached to an aromatic ring is 1. The minimum atomic E-state index is -1.07. The summed E-state index contributed by atoms with van der Waals surface area (Å²) < 4.78 is 6.56. The molecule has 0 aliphatic rings. The second-order valence-electron chi connectivity index (χ2n) is 4.97. The Balaban J connectivity index is 1.92. The molecule has 0 amide bonds. The topological polar surface area (TPSA) is 96.4 Å². The van der Waals surface area contributed by atoms with Gasteiger partial charge in [-0.2, -0.15) is 0 Å². The second-order valence-corrected chi connectivity index (χ2v) is 6.05. The molecule has 3 aromatic rings. The van der Waals surface area contributed by atoms with Gasteiger partial charge in [0.05, 0.1) is 4.88 Å². The summed E-state index contributed by atoms with van der Waals surface area (Å²) in [6.45, 7) is 0. The van der Waals surface area contributed by atoms with Gasteiger partial charge in [0.25, 0.3) is 0 Å². The van der Waals surface area contributed by atoms with Crippen molar-refractivity contribution in [3.05, 3.63) is 65.0 Å². The number of hydrogen-bond acceptors (Lipinski definition) is 4. The molecule has 1 heterocycles.